The molecule has 6 nitrogen and oxygen atoms in total. The number of carbonyl (C=O) groups is 2. The van der Waals surface area contributed by atoms with Crippen LogP contribution in [0.3, 0.4) is 0 Å². The van der Waals surface area contributed by atoms with Crippen molar-refractivity contribution >= 4 is 34.4 Å². The smallest absolute Gasteiger partial charge is 0.258 e. The number of nitrogens with zero attached hydrogens (tertiary/aromatic N) is 1. The number of hydrogen-bond acceptors (Lipinski definition) is 4. The lowest BCUT2D eigenvalue weighted by Gasteiger charge is -2.08. The van der Waals surface area contributed by atoms with Crippen LogP contribution in [0.2, 0.25) is 0 Å². The Morgan fingerprint density at radius 1 is 1.09 bits per heavy atom. The zero-order valence-electron chi connectivity index (χ0n) is 12.3. The number of pyridine rings is 1. The number of carbonyl (C=O) groups excluding carboxylic acids is 2. The van der Waals surface area contributed by atoms with E-state index in [1.165, 1.54) is 6.20 Å². The van der Waals surface area contributed by atoms with Gasteiger partial charge in [-0.2, -0.15) is 0 Å². The van der Waals surface area contributed by atoms with Gasteiger partial charge in [0, 0.05) is 29.1 Å². The first-order valence-electron chi connectivity index (χ1n) is 6.98. The molecule has 1 heterocycles. The van der Waals surface area contributed by atoms with Crippen LogP contribution < -0.4 is 15.4 Å². The summed E-state index contributed by atoms with van der Waals surface area (Å²) in [7, 11) is 0. The lowest BCUT2D eigenvalue weighted by atomic mass is 10.3. The molecule has 2 N–H and O–H groups in total. The van der Waals surface area contributed by atoms with E-state index in [1.807, 2.05) is 24.3 Å². The number of amides is 2. The Labute approximate surface area is 147 Å². The van der Waals surface area contributed by atoms with Gasteiger partial charge in [-0.3, -0.25) is 14.6 Å². The topological polar surface area (TPSA) is 80.3 Å². The molecule has 0 aliphatic heterocycles. The van der Waals surface area contributed by atoms with Gasteiger partial charge in [0.2, 0.25) is 0 Å². The Morgan fingerprint density at radius 2 is 1.83 bits per heavy atom. The maximum atomic E-state index is 11.7. The van der Waals surface area contributed by atoms with Gasteiger partial charge in [0.1, 0.15) is 5.75 Å². The highest BCUT2D eigenvalue weighted by molar-refractivity contribution is 14.1. The van der Waals surface area contributed by atoms with Gasteiger partial charge < -0.3 is 15.4 Å². The molecular weight excluding hydrogens is 409 g/mol. The van der Waals surface area contributed by atoms with Gasteiger partial charge in [0.15, 0.2) is 6.61 Å². The van der Waals surface area contributed by atoms with E-state index in [9.17, 15) is 9.59 Å². The summed E-state index contributed by atoms with van der Waals surface area (Å²) in [6.45, 7) is 0.612. The van der Waals surface area contributed by atoms with E-state index in [-0.39, 0.29) is 18.4 Å². The molecule has 120 valence electrons. The number of nitrogens with one attached hydrogen (secondary N) is 2. The van der Waals surface area contributed by atoms with Gasteiger partial charge >= 0.3 is 0 Å². The van der Waals surface area contributed by atoms with Crippen LogP contribution in [0.5, 0.6) is 5.75 Å². The Bertz CT molecular complexity index is 647. The average molecular weight is 425 g/mol. The molecule has 0 radical (unpaired) electrons. The third-order valence-electron chi connectivity index (χ3n) is 2.84. The van der Waals surface area contributed by atoms with Crippen molar-refractivity contribution in [3.8, 4) is 5.75 Å². The van der Waals surface area contributed by atoms with E-state index < -0.39 is 0 Å². The summed E-state index contributed by atoms with van der Waals surface area (Å²) in [5.41, 5.74) is 0.487. The Hall–Kier alpha value is -2.16. The molecule has 0 aliphatic rings. The lowest BCUT2D eigenvalue weighted by molar-refractivity contribution is -0.123. The van der Waals surface area contributed by atoms with Crippen LogP contribution in [0, 0.1) is 3.57 Å². The maximum Gasteiger partial charge on any atom is 0.258 e. The summed E-state index contributed by atoms with van der Waals surface area (Å²) in [6.07, 6.45) is 3.09. The lowest BCUT2D eigenvalue weighted by Crippen LogP contribution is -2.36. The zero-order chi connectivity index (χ0) is 16.5. The predicted octanol–water partition coefficient (Wildman–Crippen LogP) is 1.61. The minimum atomic E-state index is -0.237. The largest absolute Gasteiger partial charge is 0.484 e. The fraction of sp³-hybridized carbons (Fsp3) is 0.188. The molecule has 0 aliphatic carbocycles. The molecule has 0 fully saturated rings. The van der Waals surface area contributed by atoms with Crippen LogP contribution in [-0.4, -0.2) is 36.5 Å². The van der Waals surface area contributed by atoms with Gasteiger partial charge in [-0.05, 0) is 59.0 Å². The van der Waals surface area contributed by atoms with Crippen molar-refractivity contribution in [2.24, 2.45) is 0 Å². The highest BCUT2D eigenvalue weighted by Crippen LogP contribution is 2.13. The normalized spacial score (nSPS) is 9.96. The Balaban J connectivity index is 1.61. The van der Waals surface area contributed by atoms with Crippen molar-refractivity contribution in [1.82, 2.24) is 15.6 Å². The molecule has 7 heteroatoms. The molecule has 0 atom stereocenters. The van der Waals surface area contributed by atoms with Crippen LogP contribution in [-0.2, 0) is 4.79 Å². The second-order valence-corrected chi connectivity index (χ2v) is 5.84. The monoisotopic (exact) mass is 425 g/mol. The SMILES string of the molecule is O=C(COc1ccc(I)cc1)NCCNC(=O)c1cccnc1. The van der Waals surface area contributed by atoms with Crippen molar-refractivity contribution < 1.29 is 14.3 Å². The third-order valence-corrected chi connectivity index (χ3v) is 3.56. The first-order chi connectivity index (χ1) is 11.1. The fourth-order valence-electron chi connectivity index (χ4n) is 1.71. The van der Waals surface area contributed by atoms with Crippen molar-refractivity contribution in [2.75, 3.05) is 19.7 Å². The molecule has 0 saturated heterocycles. The number of ether oxygens (including phenoxy) is 1. The molecule has 1 aromatic carbocycles. The molecule has 1 aromatic heterocycles. The minimum Gasteiger partial charge on any atom is -0.484 e. The number of halogens is 1. The second kappa shape index (κ2) is 9.09. The van der Waals surface area contributed by atoms with Gasteiger partial charge in [-0.1, -0.05) is 0 Å². The van der Waals surface area contributed by atoms with E-state index in [0.29, 0.717) is 24.4 Å². The van der Waals surface area contributed by atoms with E-state index in [0.717, 1.165) is 3.57 Å². The van der Waals surface area contributed by atoms with Gasteiger partial charge in [-0.15, -0.1) is 0 Å². The molecule has 2 rings (SSSR count). The Kier molecular flexibility index (Phi) is 6.79. The molecular formula is C16H16IN3O3. The number of rotatable bonds is 7. The van der Waals surface area contributed by atoms with E-state index >= 15 is 0 Å². The van der Waals surface area contributed by atoms with Crippen molar-refractivity contribution in [3.63, 3.8) is 0 Å². The quantitative estimate of drug-likeness (QED) is 0.522. The number of benzene rings is 1. The van der Waals surface area contributed by atoms with Crippen LogP contribution in [0.4, 0.5) is 0 Å². The van der Waals surface area contributed by atoms with Crippen molar-refractivity contribution in [3.05, 3.63) is 57.9 Å². The van der Waals surface area contributed by atoms with Gasteiger partial charge in [0.05, 0.1) is 5.56 Å². The second-order valence-electron chi connectivity index (χ2n) is 4.59. The van der Waals surface area contributed by atoms with Crippen molar-refractivity contribution in [1.29, 1.82) is 0 Å². The zero-order valence-corrected chi connectivity index (χ0v) is 14.4. The summed E-state index contributed by atoms with van der Waals surface area (Å²) in [6, 6.07) is 10.8. The summed E-state index contributed by atoms with van der Waals surface area (Å²) < 4.78 is 6.46. The van der Waals surface area contributed by atoms with Gasteiger partial charge in [0.25, 0.3) is 11.8 Å². The van der Waals surface area contributed by atoms with Crippen LogP contribution >= 0.6 is 22.6 Å². The first kappa shape index (κ1) is 17.2. The highest BCUT2D eigenvalue weighted by atomic mass is 127. The molecule has 2 aromatic rings. The molecule has 0 saturated carbocycles. The molecule has 0 spiro atoms. The molecule has 0 unspecified atom stereocenters. The van der Waals surface area contributed by atoms with Crippen molar-refractivity contribution in [2.45, 2.75) is 0 Å². The predicted molar refractivity (Wildman–Crippen MR) is 94.2 cm³/mol. The van der Waals surface area contributed by atoms with Gasteiger partial charge in [-0.25, -0.2) is 0 Å². The maximum absolute atomic E-state index is 11.7. The molecule has 2 amide bonds. The van der Waals surface area contributed by atoms with E-state index in [1.54, 1.807) is 18.3 Å². The van der Waals surface area contributed by atoms with Crippen LogP contribution in [0.1, 0.15) is 10.4 Å². The molecule has 0 bridgehead atoms. The minimum absolute atomic E-state index is 0.0584. The number of aromatic nitrogens is 1. The summed E-state index contributed by atoms with van der Waals surface area (Å²) in [4.78, 5) is 27.2. The standard InChI is InChI=1S/C16H16IN3O3/c17-13-3-5-14(6-4-13)23-11-15(21)19-8-9-20-16(22)12-2-1-7-18-10-12/h1-7,10H,8-9,11H2,(H,19,21)(H,20,22). The average Bonchev–Trinajstić information content (AvgIpc) is 2.59. The fourth-order valence-corrected chi connectivity index (χ4v) is 2.07. The van der Waals surface area contributed by atoms with E-state index in [2.05, 4.69) is 38.2 Å². The molecule has 23 heavy (non-hydrogen) atoms. The summed E-state index contributed by atoms with van der Waals surface area (Å²) >= 11 is 2.20. The highest BCUT2D eigenvalue weighted by Gasteiger charge is 2.05. The number of hydrogen-bond donors (Lipinski definition) is 2. The van der Waals surface area contributed by atoms with E-state index in [4.69, 9.17) is 4.74 Å². The van der Waals surface area contributed by atoms with Crippen LogP contribution in [0.15, 0.2) is 48.8 Å². The summed E-state index contributed by atoms with van der Waals surface area (Å²) in [5.74, 6) is 0.187. The summed E-state index contributed by atoms with van der Waals surface area (Å²) in [5, 5.41) is 5.37. The van der Waals surface area contributed by atoms with Crippen LogP contribution in [0.25, 0.3) is 0 Å². The first-order valence-corrected chi connectivity index (χ1v) is 8.06. The third kappa shape index (κ3) is 6.23. The Morgan fingerprint density at radius 3 is 2.52 bits per heavy atom.